The monoisotopic (exact) mass is 371 g/mol. The van der Waals surface area contributed by atoms with E-state index < -0.39 is 10.0 Å². The molecule has 0 radical (unpaired) electrons. The summed E-state index contributed by atoms with van der Waals surface area (Å²) in [5, 5.41) is 9.04. The Hall–Kier alpha value is -1.62. The van der Waals surface area contributed by atoms with Crippen LogP contribution < -0.4 is 4.72 Å². The third-order valence-electron chi connectivity index (χ3n) is 2.33. The zero-order valence-corrected chi connectivity index (χ0v) is 13.0. The number of nitrogens with one attached hydrogen (secondary N) is 1. The average molecular weight is 373 g/mol. The van der Waals surface area contributed by atoms with E-state index in [9.17, 15) is 8.42 Å². The zero-order valence-electron chi connectivity index (χ0n) is 9.84. The first-order valence-electron chi connectivity index (χ1n) is 5.27. The predicted octanol–water partition coefficient (Wildman–Crippen LogP) is 3.17. The van der Waals surface area contributed by atoms with Gasteiger partial charge >= 0.3 is 0 Å². The van der Waals surface area contributed by atoms with Crippen molar-refractivity contribution >= 4 is 43.2 Å². The standard InChI is InChI=1S/C12H7BrClN3O2S/c13-12-10(14)2-1-3-11(12)20(18,19)17-8-4-5-16-9(6-8)7-15/h1-6H,(H,16,17). The van der Waals surface area contributed by atoms with E-state index in [0.29, 0.717) is 5.02 Å². The highest BCUT2D eigenvalue weighted by Crippen LogP contribution is 2.30. The minimum absolute atomic E-state index is 0.0142. The van der Waals surface area contributed by atoms with Crippen LogP contribution in [0.4, 0.5) is 5.69 Å². The molecule has 20 heavy (non-hydrogen) atoms. The number of nitriles is 1. The van der Waals surface area contributed by atoms with Crippen molar-refractivity contribution in [2.24, 2.45) is 0 Å². The molecule has 2 aromatic rings. The summed E-state index contributed by atoms with van der Waals surface area (Å²) in [6.07, 6.45) is 1.35. The molecule has 0 amide bonds. The molecule has 1 aromatic heterocycles. The van der Waals surface area contributed by atoms with E-state index in [1.807, 2.05) is 6.07 Å². The van der Waals surface area contributed by atoms with Crippen molar-refractivity contribution in [2.75, 3.05) is 4.72 Å². The van der Waals surface area contributed by atoms with Crippen LogP contribution in [0.15, 0.2) is 45.9 Å². The molecule has 0 spiro atoms. The van der Waals surface area contributed by atoms with Crippen molar-refractivity contribution in [1.29, 1.82) is 5.26 Å². The molecule has 0 atom stereocenters. The van der Waals surface area contributed by atoms with E-state index in [1.54, 1.807) is 6.07 Å². The van der Waals surface area contributed by atoms with Crippen LogP contribution in [0.25, 0.3) is 0 Å². The third-order valence-corrected chi connectivity index (χ3v) is 5.42. The smallest absolute Gasteiger partial charge is 0.263 e. The molecule has 2 rings (SSSR count). The molecule has 0 aliphatic carbocycles. The molecular weight excluding hydrogens is 366 g/mol. The van der Waals surface area contributed by atoms with Crippen LogP contribution in [0.5, 0.6) is 0 Å². The summed E-state index contributed by atoms with van der Waals surface area (Å²) in [6, 6.07) is 9.17. The van der Waals surface area contributed by atoms with Gasteiger partial charge in [0.2, 0.25) is 0 Å². The maximum Gasteiger partial charge on any atom is 0.263 e. The molecule has 0 fully saturated rings. The molecule has 5 nitrogen and oxygen atoms in total. The van der Waals surface area contributed by atoms with E-state index in [1.165, 1.54) is 30.5 Å². The molecule has 0 aliphatic heterocycles. The second-order valence-corrected chi connectivity index (χ2v) is 6.55. The van der Waals surface area contributed by atoms with Gasteiger partial charge in [-0.2, -0.15) is 5.26 Å². The lowest BCUT2D eigenvalue weighted by Gasteiger charge is -2.10. The van der Waals surface area contributed by atoms with Gasteiger partial charge < -0.3 is 0 Å². The Balaban J connectivity index is 2.41. The molecule has 0 saturated carbocycles. The first-order valence-corrected chi connectivity index (χ1v) is 7.92. The summed E-state index contributed by atoms with van der Waals surface area (Å²) in [6.45, 7) is 0. The van der Waals surface area contributed by atoms with Crippen LogP contribution in [0, 0.1) is 11.3 Å². The van der Waals surface area contributed by atoms with Crippen LogP contribution in [0.3, 0.4) is 0 Å². The van der Waals surface area contributed by atoms with Crippen LogP contribution in [0.2, 0.25) is 5.02 Å². The van der Waals surface area contributed by atoms with Crippen molar-refractivity contribution in [3.63, 3.8) is 0 Å². The number of anilines is 1. The Kier molecular flexibility index (Phi) is 4.28. The normalized spacial score (nSPS) is 10.8. The fourth-order valence-corrected chi connectivity index (χ4v) is 3.74. The van der Waals surface area contributed by atoms with Gasteiger partial charge in [0.15, 0.2) is 0 Å². The molecular formula is C12H7BrClN3O2S. The first kappa shape index (κ1) is 14.8. The number of rotatable bonds is 3. The summed E-state index contributed by atoms with van der Waals surface area (Å²) < 4.78 is 27.2. The average Bonchev–Trinajstić information content (AvgIpc) is 2.41. The van der Waals surface area contributed by atoms with E-state index in [0.717, 1.165) is 0 Å². The van der Waals surface area contributed by atoms with Crippen molar-refractivity contribution in [1.82, 2.24) is 4.98 Å². The lowest BCUT2D eigenvalue weighted by Crippen LogP contribution is -2.13. The van der Waals surface area contributed by atoms with Crippen LogP contribution in [-0.2, 0) is 10.0 Å². The fourth-order valence-electron chi connectivity index (χ4n) is 1.46. The number of sulfonamides is 1. The van der Waals surface area contributed by atoms with Gasteiger partial charge in [0.1, 0.15) is 16.7 Å². The maximum absolute atomic E-state index is 12.3. The number of benzene rings is 1. The second kappa shape index (κ2) is 5.79. The van der Waals surface area contributed by atoms with Crippen molar-refractivity contribution < 1.29 is 8.42 Å². The largest absolute Gasteiger partial charge is 0.279 e. The quantitative estimate of drug-likeness (QED) is 0.897. The van der Waals surface area contributed by atoms with Gasteiger partial charge in [0.05, 0.1) is 15.2 Å². The number of pyridine rings is 1. The van der Waals surface area contributed by atoms with Gasteiger partial charge in [0, 0.05) is 6.20 Å². The Morgan fingerprint density at radius 2 is 2.10 bits per heavy atom. The van der Waals surface area contributed by atoms with Crippen LogP contribution >= 0.6 is 27.5 Å². The fraction of sp³-hybridized carbons (Fsp3) is 0. The highest BCUT2D eigenvalue weighted by Gasteiger charge is 2.19. The Morgan fingerprint density at radius 1 is 1.35 bits per heavy atom. The van der Waals surface area contributed by atoms with Gasteiger partial charge in [-0.15, -0.1) is 0 Å². The van der Waals surface area contributed by atoms with E-state index in [4.69, 9.17) is 16.9 Å². The van der Waals surface area contributed by atoms with Gasteiger partial charge in [-0.3, -0.25) is 4.72 Å². The summed E-state index contributed by atoms with van der Waals surface area (Å²) >= 11 is 9.02. The molecule has 1 aromatic carbocycles. The number of halogens is 2. The van der Waals surface area contributed by atoms with Crippen molar-refractivity contribution in [2.45, 2.75) is 4.90 Å². The van der Waals surface area contributed by atoms with Crippen molar-refractivity contribution in [3.8, 4) is 6.07 Å². The van der Waals surface area contributed by atoms with Gasteiger partial charge in [-0.25, -0.2) is 13.4 Å². The molecule has 0 unspecified atom stereocenters. The number of nitrogens with zero attached hydrogens (tertiary/aromatic N) is 2. The minimum atomic E-state index is -3.81. The third kappa shape index (κ3) is 3.10. The lowest BCUT2D eigenvalue weighted by molar-refractivity contribution is 0.601. The zero-order chi connectivity index (χ0) is 14.8. The van der Waals surface area contributed by atoms with E-state index in [-0.39, 0.29) is 20.7 Å². The van der Waals surface area contributed by atoms with Crippen molar-refractivity contribution in [3.05, 3.63) is 51.7 Å². The highest BCUT2D eigenvalue weighted by atomic mass is 79.9. The number of hydrogen-bond donors (Lipinski definition) is 1. The van der Waals surface area contributed by atoms with E-state index >= 15 is 0 Å². The van der Waals surface area contributed by atoms with Crippen LogP contribution in [-0.4, -0.2) is 13.4 Å². The Bertz CT molecular complexity index is 803. The molecule has 1 heterocycles. The molecule has 1 N–H and O–H groups in total. The maximum atomic E-state index is 12.3. The summed E-state index contributed by atoms with van der Waals surface area (Å²) in [7, 11) is -3.81. The molecule has 102 valence electrons. The lowest BCUT2D eigenvalue weighted by atomic mass is 10.3. The molecule has 0 aliphatic rings. The molecule has 0 bridgehead atoms. The summed E-state index contributed by atoms with van der Waals surface area (Å²) in [5.74, 6) is 0. The number of hydrogen-bond acceptors (Lipinski definition) is 4. The second-order valence-electron chi connectivity index (χ2n) is 3.70. The Morgan fingerprint density at radius 3 is 2.80 bits per heavy atom. The first-order chi connectivity index (χ1) is 9.44. The van der Waals surface area contributed by atoms with Gasteiger partial charge in [-0.05, 0) is 40.2 Å². The molecule has 0 saturated heterocycles. The predicted molar refractivity (Wildman–Crippen MR) is 78.9 cm³/mol. The van der Waals surface area contributed by atoms with E-state index in [2.05, 4.69) is 25.6 Å². The number of aromatic nitrogens is 1. The Labute approximate surface area is 129 Å². The SMILES string of the molecule is N#Cc1cc(NS(=O)(=O)c2cccc(Cl)c2Br)ccn1. The van der Waals surface area contributed by atoms with Crippen LogP contribution in [0.1, 0.15) is 5.69 Å². The minimum Gasteiger partial charge on any atom is -0.279 e. The highest BCUT2D eigenvalue weighted by molar-refractivity contribution is 9.10. The molecule has 8 heteroatoms. The van der Waals surface area contributed by atoms with Gasteiger partial charge in [-0.1, -0.05) is 17.7 Å². The summed E-state index contributed by atoms with van der Waals surface area (Å²) in [5.41, 5.74) is 0.374. The van der Waals surface area contributed by atoms with Gasteiger partial charge in [0.25, 0.3) is 10.0 Å². The topological polar surface area (TPSA) is 82.9 Å². The summed E-state index contributed by atoms with van der Waals surface area (Å²) in [4.78, 5) is 3.78.